The van der Waals surface area contributed by atoms with Gasteiger partial charge in [0.1, 0.15) is 0 Å². The summed E-state index contributed by atoms with van der Waals surface area (Å²) in [6, 6.07) is 54.9. The Morgan fingerprint density at radius 2 is 0.918 bits per heavy atom. The third kappa shape index (κ3) is 5.01. The maximum Gasteiger partial charge on any atom is 0.164 e. The zero-order chi connectivity index (χ0) is 33.0. The van der Waals surface area contributed by atoms with E-state index in [0.717, 1.165) is 44.4 Å². The van der Waals surface area contributed by atoms with E-state index in [1.54, 1.807) is 0 Å². The molecule has 8 aromatic rings. The zero-order valence-electron chi connectivity index (χ0n) is 27.3. The van der Waals surface area contributed by atoms with Gasteiger partial charge in [0.15, 0.2) is 17.5 Å². The molecule has 9 rings (SSSR count). The second-order valence-electron chi connectivity index (χ2n) is 13.1. The first-order valence-corrected chi connectivity index (χ1v) is 16.7. The fraction of sp³-hybridized carbons (Fsp3) is 0.0667. The first-order valence-electron chi connectivity index (χ1n) is 16.7. The number of hydrogen-bond donors (Lipinski definition) is 0. The lowest BCUT2D eigenvalue weighted by Gasteiger charge is -2.22. The van der Waals surface area contributed by atoms with Gasteiger partial charge in [-0.15, -0.1) is 0 Å². The molecule has 0 fully saturated rings. The molecule has 232 valence electrons. The zero-order valence-corrected chi connectivity index (χ0v) is 27.3. The van der Waals surface area contributed by atoms with Crippen molar-refractivity contribution in [2.75, 3.05) is 0 Å². The molecular formula is C45H32N4. The Morgan fingerprint density at radius 3 is 1.59 bits per heavy atom. The summed E-state index contributed by atoms with van der Waals surface area (Å²) in [5, 5.41) is 1.01. The summed E-state index contributed by atoms with van der Waals surface area (Å²) in [6.45, 7) is 4.61. The van der Waals surface area contributed by atoms with Crippen molar-refractivity contribution in [1.82, 2.24) is 19.9 Å². The van der Waals surface area contributed by atoms with Gasteiger partial charge in [0, 0.05) is 33.1 Å². The molecule has 0 atom stereocenters. The molecule has 0 radical (unpaired) electrons. The van der Waals surface area contributed by atoms with Crippen LogP contribution in [0.5, 0.6) is 0 Å². The monoisotopic (exact) mass is 628 g/mol. The summed E-state index contributed by atoms with van der Waals surface area (Å²) >= 11 is 0. The van der Waals surface area contributed by atoms with Crippen LogP contribution in [0.1, 0.15) is 25.0 Å². The average Bonchev–Trinajstić information content (AvgIpc) is 3.39. The van der Waals surface area contributed by atoms with Gasteiger partial charge in [-0.05, 0) is 57.6 Å². The van der Waals surface area contributed by atoms with Crippen LogP contribution in [0.25, 0.3) is 78.6 Å². The van der Waals surface area contributed by atoms with Crippen LogP contribution in [0.3, 0.4) is 0 Å². The number of hydrogen-bond acceptors (Lipinski definition) is 4. The van der Waals surface area contributed by atoms with E-state index in [1.807, 2.05) is 66.7 Å². The SMILES string of the molecule is CC1(C)c2ccccc2-c2cc3c(-c4nc(-c5ccccc5)nc(-c5ccccc5)n4)cc(-c4cccc(-c5ccccc5)c4)nc3cc21. The molecule has 0 N–H and O–H groups in total. The van der Waals surface area contributed by atoms with Gasteiger partial charge in [-0.25, -0.2) is 19.9 Å². The summed E-state index contributed by atoms with van der Waals surface area (Å²) in [5.41, 5.74) is 12.9. The average molecular weight is 629 g/mol. The van der Waals surface area contributed by atoms with E-state index in [-0.39, 0.29) is 5.41 Å². The van der Waals surface area contributed by atoms with Gasteiger partial charge >= 0.3 is 0 Å². The first kappa shape index (κ1) is 28.9. The van der Waals surface area contributed by atoms with E-state index in [9.17, 15) is 0 Å². The Labute approximate surface area is 285 Å². The van der Waals surface area contributed by atoms with Crippen LogP contribution in [0, 0.1) is 0 Å². The summed E-state index contributed by atoms with van der Waals surface area (Å²) in [6.07, 6.45) is 0. The molecule has 0 unspecified atom stereocenters. The Bertz CT molecular complexity index is 2450. The van der Waals surface area contributed by atoms with E-state index in [1.165, 1.54) is 27.8 Å². The Balaban J connectivity index is 1.33. The normalized spacial score (nSPS) is 12.9. The predicted octanol–water partition coefficient (Wildman–Crippen LogP) is 11.1. The molecule has 1 aliphatic rings. The van der Waals surface area contributed by atoms with Crippen LogP contribution in [-0.4, -0.2) is 19.9 Å². The highest BCUT2D eigenvalue weighted by atomic mass is 15.0. The molecule has 0 bridgehead atoms. The minimum atomic E-state index is -0.153. The summed E-state index contributed by atoms with van der Waals surface area (Å²) in [5.74, 6) is 1.88. The van der Waals surface area contributed by atoms with Crippen molar-refractivity contribution < 1.29 is 0 Å². The number of benzene rings is 6. The lowest BCUT2D eigenvalue weighted by atomic mass is 9.82. The fourth-order valence-electron chi connectivity index (χ4n) is 7.17. The number of pyridine rings is 1. The maximum absolute atomic E-state index is 5.36. The molecule has 49 heavy (non-hydrogen) atoms. The number of fused-ring (bicyclic) bond motifs is 4. The molecule has 1 aliphatic carbocycles. The molecule has 0 saturated carbocycles. The highest BCUT2D eigenvalue weighted by molar-refractivity contribution is 6.00. The molecule has 4 nitrogen and oxygen atoms in total. The van der Waals surface area contributed by atoms with Gasteiger partial charge in [-0.2, -0.15) is 0 Å². The summed E-state index contributed by atoms with van der Waals surface area (Å²) < 4.78 is 0. The highest BCUT2D eigenvalue weighted by Gasteiger charge is 2.36. The molecule has 2 aromatic heterocycles. The van der Waals surface area contributed by atoms with E-state index < -0.39 is 0 Å². The largest absolute Gasteiger partial charge is 0.248 e. The lowest BCUT2D eigenvalue weighted by molar-refractivity contribution is 0.661. The Kier molecular flexibility index (Phi) is 6.77. The smallest absolute Gasteiger partial charge is 0.164 e. The van der Waals surface area contributed by atoms with Crippen molar-refractivity contribution in [2.24, 2.45) is 0 Å². The van der Waals surface area contributed by atoms with Gasteiger partial charge in [0.25, 0.3) is 0 Å². The van der Waals surface area contributed by atoms with E-state index in [2.05, 4.69) is 105 Å². The van der Waals surface area contributed by atoms with Crippen molar-refractivity contribution in [2.45, 2.75) is 19.3 Å². The molecule has 0 amide bonds. The number of aromatic nitrogens is 4. The van der Waals surface area contributed by atoms with Gasteiger partial charge in [-0.1, -0.05) is 147 Å². The van der Waals surface area contributed by atoms with Crippen molar-refractivity contribution >= 4 is 10.9 Å². The Hall–Kier alpha value is -6.26. The van der Waals surface area contributed by atoms with E-state index >= 15 is 0 Å². The second kappa shape index (κ2) is 11.5. The van der Waals surface area contributed by atoms with E-state index in [0.29, 0.717) is 17.5 Å². The van der Waals surface area contributed by atoms with Crippen LogP contribution in [0.4, 0.5) is 0 Å². The van der Waals surface area contributed by atoms with Crippen LogP contribution >= 0.6 is 0 Å². The molecule has 4 heteroatoms. The van der Waals surface area contributed by atoms with Crippen molar-refractivity contribution in [1.29, 1.82) is 0 Å². The minimum absolute atomic E-state index is 0.153. The predicted molar refractivity (Wildman–Crippen MR) is 200 cm³/mol. The van der Waals surface area contributed by atoms with Crippen molar-refractivity contribution in [3.8, 4) is 67.7 Å². The summed E-state index contributed by atoms with van der Waals surface area (Å²) in [4.78, 5) is 20.7. The molecule has 0 saturated heterocycles. The molecule has 6 aromatic carbocycles. The van der Waals surface area contributed by atoms with Gasteiger partial charge in [0.2, 0.25) is 0 Å². The second-order valence-corrected chi connectivity index (χ2v) is 13.1. The topological polar surface area (TPSA) is 51.6 Å². The molecule has 0 aliphatic heterocycles. The van der Waals surface area contributed by atoms with Crippen LogP contribution < -0.4 is 0 Å². The third-order valence-corrected chi connectivity index (χ3v) is 9.72. The quantitative estimate of drug-likeness (QED) is 0.190. The molecular weight excluding hydrogens is 597 g/mol. The first-order chi connectivity index (χ1) is 24.0. The van der Waals surface area contributed by atoms with Crippen LogP contribution in [-0.2, 0) is 5.41 Å². The minimum Gasteiger partial charge on any atom is -0.248 e. The molecule has 2 heterocycles. The van der Waals surface area contributed by atoms with Gasteiger partial charge in [-0.3, -0.25) is 0 Å². The standard InChI is InChI=1S/C45H32N4/c1-45(2)38-24-13-12-23-34(38)35-26-36-37(44-48-42(30-17-8-4-9-18-30)47-43(49-44)31-19-10-5-11-20-31)27-40(46-41(36)28-39(35)45)33-22-14-21-32(25-33)29-15-6-3-7-16-29/h3-28H,1-2H3. The van der Waals surface area contributed by atoms with Gasteiger partial charge in [0.05, 0.1) is 11.2 Å². The highest BCUT2D eigenvalue weighted by Crippen LogP contribution is 2.50. The van der Waals surface area contributed by atoms with Crippen LogP contribution in [0.15, 0.2) is 158 Å². The van der Waals surface area contributed by atoms with Crippen LogP contribution in [0.2, 0.25) is 0 Å². The fourth-order valence-corrected chi connectivity index (χ4v) is 7.17. The third-order valence-electron chi connectivity index (χ3n) is 9.72. The molecule has 0 spiro atoms. The lowest BCUT2D eigenvalue weighted by Crippen LogP contribution is -2.14. The van der Waals surface area contributed by atoms with Gasteiger partial charge < -0.3 is 0 Å². The van der Waals surface area contributed by atoms with Crippen molar-refractivity contribution in [3.63, 3.8) is 0 Å². The van der Waals surface area contributed by atoms with Crippen molar-refractivity contribution in [3.05, 3.63) is 169 Å². The Morgan fingerprint density at radius 1 is 0.367 bits per heavy atom. The summed E-state index contributed by atoms with van der Waals surface area (Å²) in [7, 11) is 0. The number of nitrogens with zero attached hydrogens (tertiary/aromatic N) is 4. The number of rotatable bonds is 5. The maximum atomic E-state index is 5.36. The van der Waals surface area contributed by atoms with E-state index in [4.69, 9.17) is 19.9 Å².